The fourth-order valence-corrected chi connectivity index (χ4v) is 2.02. The smallest absolute Gasteiger partial charge is 0.0713 e. The van der Waals surface area contributed by atoms with Crippen LogP contribution in [0.5, 0.6) is 0 Å². The molecule has 2 rings (SSSR count). The summed E-state index contributed by atoms with van der Waals surface area (Å²) >= 11 is 0. The summed E-state index contributed by atoms with van der Waals surface area (Å²) in [6.45, 7) is 1.49. The van der Waals surface area contributed by atoms with Crippen molar-refractivity contribution in [1.29, 1.82) is 0 Å². The third-order valence-electron chi connectivity index (χ3n) is 3.19. The molecule has 3 heteroatoms. The molecule has 0 atom stereocenters. The van der Waals surface area contributed by atoms with Gasteiger partial charge in [-0.2, -0.15) is 0 Å². The van der Waals surface area contributed by atoms with Gasteiger partial charge >= 0.3 is 0 Å². The highest BCUT2D eigenvalue weighted by molar-refractivity contribution is 5.57. The second kappa shape index (κ2) is 6.96. The first kappa shape index (κ1) is 14.4. The van der Waals surface area contributed by atoms with E-state index in [2.05, 4.69) is 58.7 Å². The Morgan fingerprint density at radius 3 is 2.35 bits per heavy atom. The van der Waals surface area contributed by atoms with Gasteiger partial charge in [-0.25, -0.2) is 0 Å². The number of nitrogens with one attached hydrogen (secondary N) is 1. The van der Waals surface area contributed by atoms with E-state index in [-0.39, 0.29) is 0 Å². The van der Waals surface area contributed by atoms with Gasteiger partial charge in [0.1, 0.15) is 0 Å². The highest BCUT2D eigenvalue weighted by Gasteiger charge is 1.98. The molecule has 0 aliphatic heterocycles. The molecule has 0 heterocycles. The van der Waals surface area contributed by atoms with E-state index in [4.69, 9.17) is 4.74 Å². The molecule has 0 unspecified atom stereocenters. The fourth-order valence-electron chi connectivity index (χ4n) is 2.02. The van der Waals surface area contributed by atoms with Crippen LogP contribution in [0.25, 0.3) is 0 Å². The highest BCUT2D eigenvalue weighted by atomic mass is 16.5. The quantitative estimate of drug-likeness (QED) is 0.869. The van der Waals surface area contributed by atoms with Crippen molar-refractivity contribution in [3.05, 3.63) is 59.7 Å². The molecular weight excluding hydrogens is 248 g/mol. The summed E-state index contributed by atoms with van der Waals surface area (Å²) in [7, 11) is 5.81. The summed E-state index contributed by atoms with van der Waals surface area (Å²) in [6, 6.07) is 16.9. The van der Waals surface area contributed by atoms with Gasteiger partial charge in [-0.05, 0) is 29.3 Å². The van der Waals surface area contributed by atoms with Crippen LogP contribution in [-0.2, 0) is 17.9 Å². The molecule has 0 spiro atoms. The van der Waals surface area contributed by atoms with Crippen molar-refractivity contribution in [1.82, 2.24) is 0 Å². The normalized spacial score (nSPS) is 10.3. The standard InChI is InChI=1S/C17H22N2O/c1-19(2)17-6-4-5-16(11-17)18-12-14-7-9-15(10-8-14)13-20-3/h4-11,18H,12-13H2,1-3H3. The fraction of sp³-hybridized carbons (Fsp3) is 0.294. The minimum absolute atomic E-state index is 0.665. The Balaban J connectivity index is 1.96. The number of ether oxygens (including phenoxy) is 1. The number of anilines is 2. The lowest BCUT2D eigenvalue weighted by Gasteiger charge is -2.14. The van der Waals surface area contributed by atoms with Crippen molar-refractivity contribution < 1.29 is 4.74 Å². The molecule has 2 aromatic carbocycles. The maximum atomic E-state index is 5.11. The molecule has 20 heavy (non-hydrogen) atoms. The van der Waals surface area contributed by atoms with Crippen LogP contribution in [0.3, 0.4) is 0 Å². The Labute approximate surface area is 121 Å². The largest absolute Gasteiger partial charge is 0.381 e. The monoisotopic (exact) mass is 270 g/mol. The number of hydrogen-bond acceptors (Lipinski definition) is 3. The summed E-state index contributed by atoms with van der Waals surface area (Å²) in [5.41, 5.74) is 4.80. The predicted octanol–water partition coefficient (Wildman–Crippen LogP) is 3.51. The molecule has 0 aliphatic carbocycles. The van der Waals surface area contributed by atoms with E-state index in [1.54, 1.807) is 7.11 Å². The van der Waals surface area contributed by atoms with Gasteiger partial charge < -0.3 is 15.0 Å². The minimum Gasteiger partial charge on any atom is -0.381 e. The molecule has 1 N–H and O–H groups in total. The zero-order valence-electron chi connectivity index (χ0n) is 12.4. The molecular formula is C17H22N2O. The van der Waals surface area contributed by atoms with Crippen molar-refractivity contribution in [3.63, 3.8) is 0 Å². The van der Waals surface area contributed by atoms with Crippen LogP contribution < -0.4 is 10.2 Å². The number of nitrogens with zero attached hydrogens (tertiary/aromatic N) is 1. The van der Waals surface area contributed by atoms with E-state index in [9.17, 15) is 0 Å². The summed E-state index contributed by atoms with van der Waals surface area (Å²) < 4.78 is 5.11. The molecule has 0 radical (unpaired) electrons. The maximum Gasteiger partial charge on any atom is 0.0713 e. The average molecular weight is 270 g/mol. The molecule has 0 fully saturated rings. The lowest BCUT2D eigenvalue weighted by Crippen LogP contribution is -2.09. The summed E-state index contributed by atoms with van der Waals surface area (Å²) in [5, 5.41) is 3.45. The Bertz CT molecular complexity index is 535. The van der Waals surface area contributed by atoms with Crippen molar-refractivity contribution in [2.45, 2.75) is 13.2 Å². The number of benzene rings is 2. The zero-order chi connectivity index (χ0) is 14.4. The topological polar surface area (TPSA) is 24.5 Å². The van der Waals surface area contributed by atoms with Crippen LogP contribution in [0.2, 0.25) is 0 Å². The van der Waals surface area contributed by atoms with Crippen molar-refractivity contribution in [2.75, 3.05) is 31.4 Å². The Hall–Kier alpha value is -2.00. The van der Waals surface area contributed by atoms with Gasteiger partial charge in [0.15, 0.2) is 0 Å². The molecule has 0 bridgehead atoms. The molecule has 0 saturated heterocycles. The van der Waals surface area contributed by atoms with Gasteiger partial charge in [-0.3, -0.25) is 0 Å². The molecule has 106 valence electrons. The van der Waals surface area contributed by atoms with E-state index in [1.807, 2.05) is 14.1 Å². The van der Waals surface area contributed by atoms with E-state index in [0.717, 1.165) is 12.2 Å². The summed E-state index contributed by atoms with van der Waals surface area (Å²) in [5.74, 6) is 0. The third-order valence-corrected chi connectivity index (χ3v) is 3.19. The first-order chi connectivity index (χ1) is 9.69. The van der Waals surface area contributed by atoms with Crippen LogP contribution >= 0.6 is 0 Å². The second-order valence-electron chi connectivity index (χ2n) is 5.05. The SMILES string of the molecule is COCc1ccc(CNc2cccc(N(C)C)c2)cc1. The van der Waals surface area contributed by atoms with E-state index >= 15 is 0 Å². The zero-order valence-corrected chi connectivity index (χ0v) is 12.4. The number of methoxy groups -OCH3 is 1. The Kier molecular flexibility index (Phi) is 5.02. The lowest BCUT2D eigenvalue weighted by molar-refractivity contribution is 0.185. The van der Waals surface area contributed by atoms with Gasteiger partial charge in [0.25, 0.3) is 0 Å². The maximum absolute atomic E-state index is 5.11. The van der Waals surface area contributed by atoms with Gasteiger partial charge in [0, 0.05) is 39.1 Å². The number of rotatable bonds is 6. The van der Waals surface area contributed by atoms with Crippen molar-refractivity contribution >= 4 is 11.4 Å². The molecule has 0 aliphatic rings. The van der Waals surface area contributed by atoms with Gasteiger partial charge in [0.05, 0.1) is 6.61 Å². The molecule has 0 amide bonds. The first-order valence-corrected chi connectivity index (χ1v) is 6.77. The van der Waals surface area contributed by atoms with Crippen LogP contribution in [0.1, 0.15) is 11.1 Å². The highest BCUT2D eigenvalue weighted by Crippen LogP contribution is 2.18. The second-order valence-corrected chi connectivity index (χ2v) is 5.05. The summed E-state index contributed by atoms with van der Waals surface area (Å²) in [6.07, 6.45) is 0. The molecule has 0 saturated carbocycles. The van der Waals surface area contributed by atoms with Crippen LogP contribution in [0.4, 0.5) is 11.4 Å². The predicted molar refractivity (Wildman–Crippen MR) is 85.3 cm³/mol. The van der Waals surface area contributed by atoms with Crippen molar-refractivity contribution in [2.24, 2.45) is 0 Å². The van der Waals surface area contributed by atoms with Gasteiger partial charge in [0.2, 0.25) is 0 Å². The minimum atomic E-state index is 0.665. The average Bonchev–Trinajstić information content (AvgIpc) is 2.47. The van der Waals surface area contributed by atoms with E-state index in [0.29, 0.717) is 6.61 Å². The van der Waals surface area contributed by atoms with Gasteiger partial charge in [-0.1, -0.05) is 30.3 Å². The third kappa shape index (κ3) is 4.00. The Morgan fingerprint density at radius 1 is 1.00 bits per heavy atom. The Morgan fingerprint density at radius 2 is 1.70 bits per heavy atom. The van der Waals surface area contributed by atoms with Crippen LogP contribution in [0, 0.1) is 0 Å². The van der Waals surface area contributed by atoms with Crippen LogP contribution in [-0.4, -0.2) is 21.2 Å². The molecule has 2 aromatic rings. The first-order valence-electron chi connectivity index (χ1n) is 6.77. The molecule has 0 aromatic heterocycles. The summed E-state index contributed by atoms with van der Waals surface area (Å²) in [4.78, 5) is 2.10. The van der Waals surface area contributed by atoms with Crippen LogP contribution in [0.15, 0.2) is 48.5 Å². The lowest BCUT2D eigenvalue weighted by atomic mass is 10.1. The molecule has 3 nitrogen and oxygen atoms in total. The van der Waals surface area contributed by atoms with Gasteiger partial charge in [-0.15, -0.1) is 0 Å². The van der Waals surface area contributed by atoms with E-state index in [1.165, 1.54) is 16.8 Å². The van der Waals surface area contributed by atoms with Crippen molar-refractivity contribution in [3.8, 4) is 0 Å². The number of hydrogen-bond donors (Lipinski definition) is 1. The van der Waals surface area contributed by atoms with E-state index < -0.39 is 0 Å².